The summed E-state index contributed by atoms with van der Waals surface area (Å²) in [6.07, 6.45) is 11.7. The Morgan fingerprint density at radius 1 is 1.03 bits per heavy atom. The minimum atomic E-state index is 0.231. The van der Waals surface area contributed by atoms with Crippen molar-refractivity contribution in [3.05, 3.63) is 41.9 Å². The molecule has 0 aromatic carbocycles. The van der Waals surface area contributed by atoms with E-state index in [1.54, 1.807) is 11.3 Å². The highest BCUT2D eigenvalue weighted by molar-refractivity contribution is 7.18. The van der Waals surface area contributed by atoms with Gasteiger partial charge in [-0.05, 0) is 75.6 Å². The zero-order valence-corrected chi connectivity index (χ0v) is 22.1. The fraction of sp³-hybridized carbons (Fsp3) is 0.556. The Morgan fingerprint density at radius 2 is 1.83 bits per heavy atom. The van der Waals surface area contributed by atoms with Gasteiger partial charge in [-0.2, -0.15) is 4.98 Å². The first-order valence-electron chi connectivity index (χ1n) is 13.1. The van der Waals surface area contributed by atoms with Crippen LogP contribution in [0.2, 0.25) is 0 Å². The van der Waals surface area contributed by atoms with E-state index >= 15 is 0 Å². The van der Waals surface area contributed by atoms with E-state index < -0.39 is 0 Å². The summed E-state index contributed by atoms with van der Waals surface area (Å²) in [5, 5.41) is 4.14. The lowest BCUT2D eigenvalue weighted by molar-refractivity contribution is 0.113. The molecular formula is C27H35N7OS. The van der Waals surface area contributed by atoms with Crippen molar-refractivity contribution in [1.29, 1.82) is 0 Å². The Balaban J connectivity index is 1.07. The lowest BCUT2D eigenvalue weighted by Gasteiger charge is -2.32. The molecule has 3 aromatic heterocycles. The van der Waals surface area contributed by atoms with Gasteiger partial charge in [0.05, 0.1) is 10.6 Å². The maximum absolute atomic E-state index is 6.22. The van der Waals surface area contributed by atoms with Crippen LogP contribution in [0.25, 0.3) is 10.6 Å². The number of ether oxygens (including phenoxy) is 1. The van der Waals surface area contributed by atoms with Crippen LogP contribution in [-0.4, -0.2) is 69.1 Å². The number of anilines is 2. The molecule has 0 amide bonds. The van der Waals surface area contributed by atoms with Crippen molar-refractivity contribution in [2.45, 2.75) is 58.1 Å². The van der Waals surface area contributed by atoms with Crippen molar-refractivity contribution in [2.75, 3.05) is 38.5 Å². The summed E-state index contributed by atoms with van der Waals surface area (Å²) >= 11 is 1.56. The van der Waals surface area contributed by atoms with Crippen molar-refractivity contribution in [3.8, 4) is 16.6 Å². The molecule has 36 heavy (non-hydrogen) atoms. The number of nitrogens with one attached hydrogen (secondary N) is 1. The van der Waals surface area contributed by atoms with Crippen LogP contribution < -0.4 is 10.1 Å². The number of rotatable bonds is 7. The van der Waals surface area contributed by atoms with Gasteiger partial charge in [-0.25, -0.2) is 15.0 Å². The first-order valence-corrected chi connectivity index (χ1v) is 14.0. The standard InChI is InChI=1S/C27H35N7OS/c1-19-15-22(31-25(30-19)35-21-5-7-27(8-6-21)9-10-27)23-17-29-26(36-23)32-24-4-3-20(16-28-24)18-34-13-11-33(2)12-14-34/h3-4,15-17,21H,5-14,18H2,1-2H3,(H,28,29,32). The fourth-order valence-corrected chi connectivity index (χ4v) is 6.07. The maximum atomic E-state index is 6.22. The number of nitrogens with zero attached hydrogens (tertiary/aromatic N) is 6. The van der Waals surface area contributed by atoms with Gasteiger partial charge in [0, 0.05) is 50.8 Å². The summed E-state index contributed by atoms with van der Waals surface area (Å²) in [5.41, 5.74) is 3.65. The Kier molecular flexibility index (Phi) is 6.62. The van der Waals surface area contributed by atoms with Crippen LogP contribution in [0, 0.1) is 12.3 Å². The summed E-state index contributed by atoms with van der Waals surface area (Å²) < 4.78 is 6.22. The van der Waals surface area contributed by atoms with Gasteiger partial charge in [0.25, 0.3) is 0 Å². The quantitative estimate of drug-likeness (QED) is 0.486. The van der Waals surface area contributed by atoms with Gasteiger partial charge in [0.2, 0.25) is 0 Å². The Labute approximate surface area is 217 Å². The van der Waals surface area contributed by atoms with Crippen molar-refractivity contribution < 1.29 is 4.74 Å². The number of hydrogen-bond acceptors (Lipinski definition) is 9. The molecule has 1 aliphatic heterocycles. The van der Waals surface area contributed by atoms with Crippen LogP contribution in [0.1, 0.15) is 49.8 Å². The molecule has 190 valence electrons. The third-order valence-corrected chi connectivity index (χ3v) is 8.81. The predicted molar refractivity (Wildman–Crippen MR) is 143 cm³/mol. The Hall–Kier alpha value is -2.62. The van der Waals surface area contributed by atoms with Crippen LogP contribution in [0.5, 0.6) is 6.01 Å². The number of aromatic nitrogens is 4. The van der Waals surface area contributed by atoms with E-state index in [-0.39, 0.29) is 6.10 Å². The van der Waals surface area contributed by atoms with E-state index in [9.17, 15) is 0 Å². The fourth-order valence-electron chi connectivity index (χ4n) is 5.28. The molecule has 2 saturated carbocycles. The molecule has 3 aliphatic rings. The number of aryl methyl sites for hydroxylation is 1. The highest BCUT2D eigenvalue weighted by atomic mass is 32.1. The Bertz CT molecular complexity index is 1180. The molecule has 1 saturated heterocycles. The summed E-state index contributed by atoms with van der Waals surface area (Å²) in [6, 6.07) is 6.66. The SMILES string of the molecule is Cc1cc(-c2cnc(Nc3ccc(CN4CCN(C)CC4)cn3)s2)nc(OC2CCC3(CC2)CC3)n1. The van der Waals surface area contributed by atoms with Gasteiger partial charge >= 0.3 is 6.01 Å². The second-order valence-electron chi connectivity index (χ2n) is 10.8. The topological polar surface area (TPSA) is 79.3 Å². The van der Waals surface area contributed by atoms with Crippen LogP contribution in [0.4, 0.5) is 10.9 Å². The number of pyridine rings is 1. The smallest absolute Gasteiger partial charge is 0.317 e. The molecule has 0 bridgehead atoms. The molecule has 9 heteroatoms. The van der Waals surface area contributed by atoms with Gasteiger partial charge in [-0.3, -0.25) is 4.90 Å². The molecule has 0 radical (unpaired) electrons. The lowest BCUT2D eigenvalue weighted by atomic mass is 9.85. The minimum absolute atomic E-state index is 0.231. The summed E-state index contributed by atoms with van der Waals surface area (Å²) in [7, 11) is 2.18. The van der Waals surface area contributed by atoms with Gasteiger partial charge in [-0.15, -0.1) is 0 Å². The molecule has 3 fully saturated rings. The molecule has 2 aliphatic carbocycles. The van der Waals surface area contributed by atoms with Gasteiger partial charge in [0.1, 0.15) is 11.9 Å². The van der Waals surface area contributed by atoms with Crippen LogP contribution in [0.3, 0.4) is 0 Å². The third kappa shape index (κ3) is 5.68. The molecule has 0 unspecified atom stereocenters. The third-order valence-electron chi connectivity index (χ3n) is 7.88. The van der Waals surface area contributed by atoms with E-state index in [1.165, 1.54) is 31.2 Å². The highest BCUT2D eigenvalue weighted by Crippen LogP contribution is 2.56. The summed E-state index contributed by atoms with van der Waals surface area (Å²) in [5.74, 6) is 0.798. The second kappa shape index (κ2) is 10.0. The molecule has 8 nitrogen and oxygen atoms in total. The number of hydrogen-bond donors (Lipinski definition) is 1. The minimum Gasteiger partial charge on any atom is -0.460 e. The van der Waals surface area contributed by atoms with Crippen LogP contribution >= 0.6 is 11.3 Å². The van der Waals surface area contributed by atoms with E-state index in [2.05, 4.69) is 43.2 Å². The van der Waals surface area contributed by atoms with Crippen molar-refractivity contribution in [3.63, 3.8) is 0 Å². The summed E-state index contributed by atoms with van der Waals surface area (Å²) in [4.78, 5) is 24.3. The van der Waals surface area contributed by atoms with Crippen molar-refractivity contribution >= 4 is 22.3 Å². The van der Waals surface area contributed by atoms with E-state index in [1.807, 2.05) is 31.5 Å². The average Bonchev–Trinajstić information content (AvgIpc) is 3.47. The molecule has 3 aromatic rings. The van der Waals surface area contributed by atoms with Crippen LogP contribution in [0.15, 0.2) is 30.6 Å². The van der Waals surface area contributed by atoms with Crippen LogP contribution in [-0.2, 0) is 6.54 Å². The van der Waals surface area contributed by atoms with Gasteiger partial charge in [-0.1, -0.05) is 17.4 Å². The largest absolute Gasteiger partial charge is 0.460 e. The normalized spacial score (nSPS) is 20.5. The average molecular weight is 506 g/mol. The first kappa shape index (κ1) is 23.8. The number of thiazole rings is 1. The first-order chi connectivity index (χ1) is 17.5. The zero-order valence-electron chi connectivity index (χ0n) is 21.2. The molecule has 1 spiro atoms. The van der Waals surface area contributed by atoms with Gasteiger partial charge < -0.3 is 15.0 Å². The summed E-state index contributed by atoms with van der Waals surface area (Å²) in [6.45, 7) is 7.40. The molecule has 0 atom stereocenters. The lowest BCUT2D eigenvalue weighted by Crippen LogP contribution is -2.43. The number of likely N-dealkylation sites (N-methyl/N-ethyl adjacent to an activating group) is 1. The highest BCUT2D eigenvalue weighted by Gasteiger charge is 2.45. The van der Waals surface area contributed by atoms with Crippen molar-refractivity contribution in [2.24, 2.45) is 5.41 Å². The number of piperazine rings is 1. The van der Waals surface area contributed by atoms with E-state index in [0.717, 1.165) is 72.8 Å². The second-order valence-corrected chi connectivity index (χ2v) is 11.8. The zero-order chi connectivity index (χ0) is 24.5. The molecule has 6 rings (SSSR count). The monoisotopic (exact) mass is 505 g/mol. The van der Waals surface area contributed by atoms with Crippen molar-refractivity contribution in [1.82, 2.24) is 29.7 Å². The van der Waals surface area contributed by atoms with E-state index in [4.69, 9.17) is 9.72 Å². The Morgan fingerprint density at radius 3 is 2.56 bits per heavy atom. The van der Waals surface area contributed by atoms with E-state index in [0.29, 0.717) is 11.4 Å². The predicted octanol–water partition coefficient (Wildman–Crippen LogP) is 4.90. The molecular weight excluding hydrogens is 470 g/mol. The van der Waals surface area contributed by atoms with Gasteiger partial charge in [0.15, 0.2) is 5.13 Å². The molecule has 4 heterocycles. The molecule has 1 N–H and O–H groups in total. The maximum Gasteiger partial charge on any atom is 0.317 e.